The molecule has 1 aliphatic heterocycles. The number of carbonyl (C=O) groups is 1. The average Bonchev–Trinajstić information content (AvgIpc) is 2.58. The van der Waals surface area contributed by atoms with E-state index in [2.05, 4.69) is 19.2 Å². The molecule has 1 aromatic carbocycles. The molecular formula is C17H26N2O4. The fourth-order valence-electron chi connectivity index (χ4n) is 2.31. The molecule has 0 spiro atoms. The van der Waals surface area contributed by atoms with Crippen molar-refractivity contribution in [3.63, 3.8) is 0 Å². The van der Waals surface area contributed by atoms with Gasteiger partial charge in [0.2, 0.25) is 0 Å². The molecule has 23 heavy (non-hydrogen) atoms. The van der Waals surface area contributed by atoms with Crippen molar-refractivity contribution in [2.24, 2.45) is 0 Å². The lowest BCUT2D eigenvalue weighted by Crippen LogP contribution is -2.43. The molecule has 0 atom stereocenters. The number of nitrogens with zero attached hydrogens (tertiary/aromatic N) is 1. The second kappa shape index (κ2) is 8.74. The van der Waals surface area contributed by atoms with Crippen molar-refractivity contribution in [3.05, 3.63) is 23.8 Å². The molecule has 0 bridgehead atoms. The van der Waals surface area contributed by atoms with Crippen molar-refractivity contribution in [2.45, 2.75) is 26.4 Å². The number of hydrogen-bond donors (Lipinski definition) is 1. The maximum absolute atomic E-state index is 12.1. The molecule has 128 valence electrons. The summed E-state index contributed by atoms with van der Waals surface area (Å²) in [5.41, 5.74) is 1.11. The maximum atomic E-state index is 12.1. The molecule has 6 heteroatoms. The lowest BCUT2D eigenvalue weighted by Gasteiger charge is -2.26. The normalized spacial score (nSPS) is 14.9. The van der Waals surface area contributed by atoms with Crippen LogP contribution in [0.15, 0.2) is 18.2 Å². The van der Waals surface area contributed by atoms with Gasteiger partial charge in [-0.15, -0.1) is 0 Å². The fourth-order valence-corrected chi connectivity index (χ4v) is 2.31. The van der Waals surface area contributed by atoms with E-state index in [9.17, 15) is 4.79 Å². The van der Waals surface area contributed by atoms with Crippen LogP contribution in [0.5, 0.6) is 11.5 Å². The minimum absolute atomic E-state index is 0.0138. The van der Waals surface area contributed by atoms with E-state index in [-0.39, 0.29) is 12.5 Å². The quantitative estimate of drug-likeness (QED) is 0.823. The fraction of sp³-hybridized carbons (Fsp3) is 0.588. The highest BCUT2D eigenvalue weighted by Gasteiger charge is 2.18. The summed E-state index contributed by atoms with van der Waals surface area (Å²) in [6.07, 6.45) is 0. The Kier molecular flexibility index (Phi) is 6.67. The van der Waals surface area contributed by atoms with Gasteiger partial charge in [-0.05, 0) is 17.7 Å². The first kappa shape index (κ1) is 17.6. The number of morpholine rings is 1. The van der Waals surface area contributed by atoms with Gasteiger partial charge in [0.1, 0.15) is 0 Å². The van der Waals surface area contributed by atoms with Crippen LogP contribution < -0.4 is 14.8 Å². The largest absolute Gasteiger partial charge is 0.493 e. The van der Waals surface area contributed by atoms with Gasteiger partial charge in [-0.25, -0.2) is 0 Å². The smallest absolute Gasteiger partial charge is 0.260 e. The maximum Gasteiger partial charge on any atom is 0.260 e. The Labute approximate surface area is 137 Å². The Morgan fingerprint density at radius 2 is 2.04 bits per heavy atom. The standard InChI is InChI=1S/C17H26N2O4/c1-13(2)18-11-14-4-5-15(16(10-14)21-3)23-12-17(20)19-6-8-22-9-7-19/h4-5,10,13,18H,6-9,11-12H2,1-3H3. The van der Waals surface area contributed by atoms with E-state index in [4.69, 9.17) is 14.2 Å². The second-order valence-electron chi connectivity index (χ2n) is 5.80. The molecule has 0 saturated carbocycles. The van der Waals surface area contributed by atoms with Crippen molar-refractivity contribution in [3.8, 4) is 11.5 Å². The molecular weight excluding hydrogens is 296 g/mol. The van der Waals surface area contributed by atoms with Gasteiger partial charge in [0.25, 0.3) is 5.91 Å². The highest BCUT2D eigenvalue weighted by molar-refractivity contribution is 5.78. The second-order valence-corrected chi connectivity index (χ2v) is 5.80. The zero-order valence-corrected chi connectivity index (χ0v) is 14.1. The van der Waals surface area contributed by atoms with E-state index in [1.54, 1.807) is 12.0 Å². The number of ether oxygens (including phenoxy) is 3. The first-order valence-electron chi connectivity index (χ1n) is 7.98. The zero-order valence-electron chi connectivity index (χ0n) is 14.1. The molecule has 0 unspecified atom stereocenters. The van der Waals surface area contributed by atoms with Gasteiger partial charge >= 0.3 is 0 Å². The highest BCUT2D eigenvalue weighted by Crippen LogP contribution is 2.28. The van der Waals surface area contributed by atoms with E-state index in [0.29, 0.717) is 43.8 Å². The number of hydrogen-bond acceptors (Lipinski definition) is 5. The average molecular weight is 322 g/mol. The number of methoxy groups -OCH3 is 1. The SMILES string of the molecule is COc1cc(CNC(C)C)ccc1OCC(=O)N1CCOCC1. The van der Waals surface area contributed by atoms with Crippen LogP contribution in [0.25, 0.3) is 0 Å². The Morgan fingerprint density at radius 1 is 1.30 bits per heavy atom. The first-order valence-corrected chi connectivity index (χ1v) is 7.98. The van der Waals surface area contributed by atoms with Gasteiger partial charge in [-0.1, -0.05) is 19.9 Å². The van der Waals surface area contributed by atoms with E-state index in [0.717, 1.165) is 12.1 Å². The van der Waals surface area contributed by atoms with Gasteiger partial charge in [-0.3, -0.25) is 4.79 Å². The highest BCUT2D eigenvalue weighted by atomic mass is 16.5. The molecule has 1 aromatic rings. The molecule has 1 N–H and O–H groups in total. The van der Waals surface area contributed by atoms with E-state index in [1.165, 1.54) is 0 Å². The number of benzene rings is 1. The number of nitrogens with one attached hydrogen (secondary N) is 1. The van der Waals surface area contributed by atoms with E-state index >= 15 is 0 Å². The molecule has 0 aromatic heterocycles. The summed E-state index contributed by atoms with van der Waals surface area (Å²) in [6, 6.07) is 6.18. The Morgan fingerprint density at radius 3 is 2.70 bits per heavy atom. The molecule has 2 rings (SSSR count). The van der Waals surface area contributed by atoms with Crippen molar-refractivity contribution in [1.29, 1.82) is 0 Å². The van der Waals surface area contributed by atoms with Gasteiger partial charge in [-0.2, -0.15) is 0 Å². The predicted octanol–water partition coefficient (Wildman–Crippen LogP) is 1.43. The van der Waals surface area contributed by atoms with Crippen LogP contribution in [-0.2, 0) is 16.1 Å². The molecule has 1 aliphatic rings. The third-order valence-corrected chi connectivity index (χ3v) is 3.66. The van der Waals surface area contributed by atoms with Gasteiger partial charge in [0, 0.05) is 25.7 Å². The summed E-state index contributed by atoms with van der Waals surface area (Å²) in [4.78, 5) is 13.9. The predicted molar refractivity (Wildman–Crippen MR) is 87.9 cm³/mol. The first-order chi connectivity index (χ1) is 11.1. The summed E-state index contributed by atoms with van der Waals surface area (Å²) in [5, 5.41) is 3.36. The monoisotopic (exact) mass is 322 g/mol. The molecule has 1 fully saturated rings. The lowest BCUT2D eigenvalue weighted by atomic mass is 10.2. The van der Waals surface area contributed by atoms with Gasteiger partial charge in [0.05, 0.1) is 20.3 Å². The van der Waals surface area contributed by atoms with Crippen molar-refractivity contribution < 1.29 is 19.0 Å². The third kappa shape index (κ3) is 5.41. The van der Waals surface area contributed by atoms with Crippen molar-refractivity contribution in [2.75, 3.05) is 40.0 Å². The molecule has 1 amide bonds. The number of rotatable bonds is 7. The summed E-state index contributed by atoms with van der Waals surface area (Å²) >= 11 is 0. The van der Waals surface area contributed by atoms with Crippen molar-refractivity contribution >= 4 is 5.91 Å². The van der Waals surface area contributed by atoms with Crippen LogP contribution in [0.4, 0.5) is 0 Å². The Balaban J connectivity index is 1.92. The molecule has 1 heterocycles. The van der Waals surface area contributed by atoms with Crippen LogP contribution in [0, 0.1) is 0 Å². The molecule has 6 nitrogen and oxygen atoms in total. The van der Waals surface area contributed by atoms with Gasteiger partial charge < -0.3 is 24.4 Å². The van der Waals surface area contributed by atoms with Crippen LogP contribution >= 0.6 is 0 Å². The summed E-state index contributed by atoms with van der Waals surface area (Å²) in [5.74, 6) is 1.20. The number of carbonyl (C=O) groups excluding carboxylic acids is 1. The lowest BCUT2D eigenvalue weighted by molar-refractivity contribution is -0.137. The third-order valence-electron chi connectivity index (χ3n) is 3.66. The van der Waals surface area contributed by atoms with E-state index < -0.39 is 0 Å². The summed E-state index contributed by atoms with van der Waals surface area (Å²) < 4.78 is 16.3. The van der Waals surface area contributed by atoms with Crippen LogP contribution in [-0.4, -0.2) is 56.9 Å². The Hall–Kier alpha value is -1.79. The minimum Gasteiger partial charge on any atom is -0.493 e. The Bertz CT molecular complexity index is 513. The molecule has 0 aliphatic carbocycles. The minimum atomic E-state index is -0.0269. The topological polar surface area (TPSA) is 60.0 Å². The zero-order chi connectivity index (χ0) is 16.7. The van der Waals surface area contributed by atoms with Crippen molar-refractivity contribution in [1.82, 2.24) is 10.2 Å². The van der Waals surface area contributed by atoms with Crippen LogP contribution in [0.3, 0.4) is 0 Å². The number of amides is 1. The van der Waals surface area contributed by atoms with Crippen LogP contribution in [0.2, 0.25) is 0 Å². The van der Waals surface area contributed by atoms with E-state index in [1.807, 2.05) is 18.2 Å². The summed E-state index contributed by atoms with van der Waals surface area (Å²) in [7, 11) is 1.60. The van der Waals surface area contributed by atoms with Gasteiger partial charge in [0.15, 0.2) is 18.1 Å². The summed E-state index contributed by atoms with van der Waals surface area (Å²) in [6.45, 7) is 7.41. The van der Waals surface area contributed by atoms with Crippen LogP contribution in [0.1, 0.15) is 19.4 Å². The molecule has 1 saturated heterocycles. The molecule has 0 radical (unpaired) electrons.